The third-order valence-corrected chi connectivity index (χ3v) is 2.72. The van der Waals surface area contributed by atoms with Gasteiger partial charge in [-0.2, -0.15) is 0 Å². The first-order valence-corrected chi connectivity index (χ1v) is 5.69. The Hall–Kier alpha value is -2.02. The summed E-state index contributed by atoms with van der Waals surface area (Å²) in [6, 6.07) is 16.2. The first-order chi connectivity index (χ1) is 8.29. The molecule has 1 nitrogen and oxygen atoms in total. The topological polar surface area (TPSA) is 9.23 Å². The van der Waals surface area contributed by atoms with Gasteiger partial charge in [0, 0.05) is 0 Å². The van der Waals surface area contributed by atoms with Crippen LogP contribution in [0.4, 0.5) is 0 Å². The van der Waals surface area contributed by atoms with Crippen LogP contribution >= 0.6 is 0 Å². The molecule has 17 heavy (non-hydrogen) atoms. The Morgan fingerprint density at radius 1 is 1.12 bits per heavy atom. The fourth-order valence-electron chi connectivity index (χ4n) is 1.67. The van der Waals surface area contributed by atoms with Crippen molar-refractivity contribution >= 4 is 6.08 Å². The molecule has 2 rings (SSSR count). The molecule has 0 fully saturated rings. The predicted molar refractivity (Wildman–Crippen MR) is 72.0 cm³/mol. The van der Waals surface area contributed by atoms with Crippen molar-refractivity contribution < 1.29 is 4.74 Å². The second kappa shape index (κ2) is 5.35. The number of ether oxygens (including phenoxy) is 1. The zero-order chi connectivity index (χ0) is 12.1. The Balaban J connectivity index is 2.07. The van der Waals surface area contributed by atoms with E-state index in [0.29, 0.717) is 6.61 Å². The molecule has 0 unspecified atom stereocenters. The van der Waals surface area contributed by atoms with Crippen molar-refractivity contribution in [2.45, 2.75) is 13.5 Å². The lowest BCUT2D eigenvalue weighted by molar-refractivity contribution is 0.306. The maximum absolute atomic E-state index is 5.74. The van der Waals surface area contributed by atoms with Gasteiger partial charge in [-0.1, -0.05) is 49.1 Å². The van der Waals surface area contributed by atoms with Crippen LogP contribution < -0.4 is 4.74 Å². The van der Waals surface area contributed by atoms with Gasteiger partial charge in [-0.3, -0.25) is 0 Å². The molecule has 2 aromatic rings. The number of aryl methyl sites for hydroxylation is 1. The molecule has 0 aliphatic rings. The molecular weight excluding hydrogens is 208 g/mol. The van der Waals surface area contributed by atoms with E-state index >= 15 is 0 Å². The summed E-state index contributed by atoms with van der Waals surface area (Å²) in [6.07, 6.45) is 1.85. The van der Waals surface area contributed by atoms with Crippen molar-refractivity contribution in [1.82, 2.24) is 0 Å². The van der Waals surface area contributed by atoms with Crippen LogP contribution in [0.15, 0.2) is 55.1 Å². The van der Waals surface area contributed by atoms with Crippen molar-refractivity contribution in [3.8, 4) is 5.75 Å². The number of rotatable bonds is 4. The maximum Gasteiger partial charge on any atom is 0.120 e. The van der Waals surface area contributed by atoms with Gasteiger partial charge in [0.1, 0.15) is 12.4 Å². The minimum Gasteiger partial charge on any atom is -0.489 e. The highest BCUT2D eigenvalue weighted by atomic mass is 16.5. The molecule has 86 valence electrons. The van der Waals surface area contributed by atoms with E-state index in [2.05, 4.69) is 31.7 Å². The summed E-state index contributed by atoms with van der Waals surface area (Å²) in [7, 11) is 0. The fraction of sp³-hybridized carbons (Fsp3) is 0.125. The van der Waals surface area contributed by atoms with Gasteiger partial charge in [-0.25, -0.2) is 0 Å². The lowest BCUT2D eigenvalue weighted by Gasteiger charge is -2.08. The summed E-state index contributed by atoms with van der Waals surface area (Å²) in [6.45, 7) is 6.46. The molecule has 2 aromatic carbocycles. The van der Waals surface area contributed by atoms with Crippen LogP contribution in [0.1, 0.15) is 16.7 Å². The molecular formula is C16H16O. The fourth-order valence-corrected chi connectivity index (χ4v) is 1.67. The Morgan fingerprint density at radius 2 is 1.88 bits per heavy atom. The molecule has 0 amide bonds. The molecule has 1 heteroatoms. The van der Waals surface area contributed by atoms with Crippen LogP contribution in [0.5, 0.6) is 5.75 Å². The molecule has 0 radical (unpaired) electrons. The van der Waals surface area contributed by atoms with Crippen LogP contribution in [0.2, 0.25) is 0 Å². The number of hydrogen-bond donors (Lipinski definition) is 0. The molecule has 0 aromatic heterocycles. The normalized spacial score (nSPS) is 9.94. The van der Waals surface area contributed by atoms with Crippen molar-refractivity contribution in [3.63, 3.8) is 0 Å². The van der Waals surface area contributed by atoms with Crippen molar-refractivity contribution in [2.75, 3.05) is 0 Å². The lowest BCUT2D eigenvalue weighted by atomic mass is 10.1. The summed E-state index contributed by atoms with van der Waals surface area (Å²) < 4.78 is 5.74. The highest BCUT2D eigenvalue weighted by molar-refractivity contribution is 5.54. The second-order valence-corrected chi connectivity index (χ2v) is 4.00. The van der Waals surface area contributed by atoms with Gasteiger partial charge in [0.15, 0.2) is 0 Å². The van der Waals surface area contributed by atoms with E-state index in [0.717, 1.165) is 11.3 Å². The van der Waals surface area contributed by atoms with E-state index in [1.807, 2.05) is 36.4 Å². The van der Waals surface area contributed by atoms with Gasteiger partial charge in [0.05, 0.1) is 0 Å². The minimum absolute atomic E-state index is 0.598. The molecule has 0 saturated carbocycles. The van der Waals surface area contributed by atoms with Crippen LogP contribution in [0.3, 0.4) is 0 Å². The van der Waals surface area contributed by atoms with Gasteiger partial charge >= 0.3 is 0 Å². The average molecular weight is 224 g/mol. The third kappa shape index (κ3) is 2.97. The second-order valence-electron chi connectivity index (χ2n) is 4.00. The Labute approximate surface area is 102 Å². The zero-order valence-electron chi connectivity index (χ0n) is 10.0. The summed E-state index contributed by atoms with van der Waals surface area (Å²) in [5.74, 6) is 0.884. The average Bonchev–Trinajstić information content (AvgIpc) is 2.39. The number of hydrogen-bond acceptors (Lipinski definition) is 1. The minimum atomic E-state index is 0.598. The van der Waals surface area contributed by atoms with Crippen LogP contribution in [-0.2, 0) is 6.61 Å². The standard InChI is InChI=1S/C16H16O/c1-3-15-11-16(10-9-13(15)2)17-12-14-7-5-4-6-8-14/h3-11H,1,12H2,2H3. The largest absolute Gasteiger partial charge is 0.489 e. The van der Waals surface area contributed by atoms with E-state index in [1.54, 1.807) is 0 Å². The monoisotopic (exact) mass is 224 g/mol. The Bertz CT molecular complexity index is 500. The Morgan fingerprint density at radius 3 is 2.59 bits per heavy atom. The maximum atomic E-state index is 5.74. The van der Waals surface area contributed by atoms with Crippen molar-refractivity contribution in [3.05, 3.63) is 71.8 Å². The van der Waals surface area contributed by atoms with E-state index in [4.69, 9.17) is 4.74 Å². The quantitative estimate of drug-likeness (QED) is 0.755. The van der Waals surface area contributed by atoms with E-state index < -0.39 is 0 Å². The smallest absolute Gasteiger partial charge is 0.120 e. The van der Waals surface area contributed by atoms with Crippen molar-refractivity contribution in [2.24, 2.45) is 0 Å². The Kier molecular flexibility index (Phi) is 3.61. The van der Waals surface area contributed by atoms with E-state index in [-0.39, 0.29) is 0 Å². The van der Waals surface area contributed by atoms with Gasteiger partial charge in [0.2, 0.25) is 0 Å². The van der Waals surface area contributed by atoms with Gasteiger partial charge in [-0.05, 0) is 35.7 Å². The van der Waals surface area contributed by atoms with Gasteiger partial charge in [0.25, 0.3) is 0 Å². The zero-order valence-corrected chi connectivity index (χ0v) is 10.0. The summed E-state index contributed by atoms with van der Waals surface area (Å²) in [4.78, 5) is 0. The molecule has 0 atom stereocenters. The first-order valence-electron chi connectivity index (χ1n) is 5.69. The SMILES string of the molecule is C=Cc1cc(OCc2ccccc2)ccc1C. The van der Waals surface area contributed by atoms with E-state index in [1.165, 1.54) is 11.1 Å². The van der Waals surface area contributed by atoms with Crippen molar-refractivity contribution in [1.29, 1.82) is 0 Å². The lowest BCUT2D eigenvalue weighted by Crippen LogP contribution is -1.95. The van der Waals surface area contributed by atoms with Gasteiger partial charge < -0.3 is 4.74 Å². The summed E-state index contributed by atoms with van der Waals surface area (Å²) >= 11 is 0. The summed E-state index contributed by atoms with van der Waals surface area (Å²) in [5.41, 5.74) is 3.51. The van der Waals surface area contributed by atoms with Crippen LogP contribution in [0.25, 0.3) is 6.08 Å². The molecule has 0 N–H and O–H groups in total. The third-order valence-electron chi connectivity index (χ3n) is 2.72. The first kappa shape index (κ1) is 11.5. The predicted octanol–water partition coefficient (Wildman–Crippen LogP) is 4.22. The molecule has 0 spiro atoms. The molecule has 0 heterocycles. The highest BCUT2D eigenvalue weighted by Gasteiger charge is 1.99. The molecule has 0 aliphatic carbocycles. The summed E-state index contributed by atoms with van der Waals surface area (Å²) in [5, 5.41) is 0. The van der Waals surface area contributed by atoms with E-state index in [9.17, 15) is 0 Å². The number of benzene rings is 2. The van der Waals surface area contributed by atoms with Crippen LogP contribution in [0, 0.1) is 6.92 Å². The van der Waals surface area contributed by atoms with Crippen LogP contribution in [-0.4, -0.2) is 0 Å². The molecule has 0 saturated heterocycles. The van der Waals surface area contributed by atoms with Gasteiger partial charge in [-0.15, -0.1) is 0 Å². The highest BCUT2D eigenvalue weighted by Crippen LogP contribution is 2.19. The molecule has 0 bridgehead atoms. The molecule has 0 aliphatic heterocycles.